The van der Waals surface area contributed by atoms with E-state index >= 15 is 0 Å². The molecule has 1 atom stereocenters. The fraction of sp³-hybridized carbons (Fsp3) is 0.818. The van der Waals surface area contributed by atoms with Gasteiger partial charge in [-0.15, -0.1) is 0 Å². The van der Waals surface area contributed by atoms with Gasteiger partial charge in [0.25, 0.3) is 0 Å². The lowest BCUT2D eigenvalue weighted by Gasteiger charge is -2.14. The van der Waals surface area contributed by atoms with E-state index in [1.54, 1.807) is 0 Å². The SMILES string of the molecule is CC/C=C/C1CC2(CC2)CN1C. The van der Waals surface area contributed by atoms with Crippen LogP contribution in [0.25, 0.3) is 0 Å². The van der Waals surface area contributed by atoms with Crippen LogP contribution < -0.4 is 0 Å². The number of likely N-dealkylation sites (N-methyl/N-ethyl adjacent to an activating group) is 1. The van der Waals surface area contributed by atoms with Crippen molar-refractivity contribution in [1.82, 2.24) is 4.90 Å². The minimum absolute atomic E-state index is 0.743. The van der Waals surface area contributed by atoms with Gasteiger partial charge in [-0.05, 0) is 38.1 Å². The largest absolute Gasteiger partial charge is 0.299 e. The number of hydrogen-bond donors (Lipinski definition) is 0. The third-order valence-electron chi connectivity index (χ3n) is 3.34. The van der Waals surface area contributed by atoms with Gasteiger partial charge in [-0.25, -0.2) is 0 Å². The second-order valence-electron chi connectivity index (χ2n) is 4.52. The van der Waals surface area contributed by atoms with Crippen molar-refractivity contribution < 1.29 is 0 Å². The molecule has 2 fully saturated rings. The molecule has 1 nitrogen and oxygen atoms in total. The highest BCUT2D eigenvalue weighted by atomic mass is 15.2. The normalized spacial score (nSPS) is 33.7. The van der Waals surface area contributed by atoms with E-state index in [2.05, 4.69) is 31.0 Å². The summed E-state index contributed by atoms with van der Waals surface area (Å²) in [6.07, 6.45) is 10.3. The van der Waals surface area contributed by atoms with Gasteiger partial charge in [-0.3, -0.25) is 4.90 Å². The Hall–Kier alpha value is -0.300. The first-order chi connectivity index (χ1) is 5.76. The number of hydrogen-bond acceptors (Lipinski definition) is 1. The van der Waals surface area contributed by atoms with E-state index in [-0.39, 0.29) is 0 Å². The zero-order valence-electron chi connectivity index (χ0n) is 8.21. The van der Waals surface area contributed by atoms with Gasteiger partial charge in [0, 0.05) is 12.6 Å². The molecular formula is C11H19N. The van der Waals surface area contributed by atoms with Crippen molar-refractivity contribution in [2.75, 3.05) is 13.6 Å². The van der Waals surface area contributed by atoms with Crippen LogP contribution in [0.15, 0.2) is 12.2 Å². The fourth-order valence-corrected chi connectivity index (χ4v) is 2.36. The Bertz CT molecular complexity index is 191. The molecule has 1 heteroatoms. The van der Waals surface area contributed by atoms with Crippen molar-refractivity contribution in [3.63, 3.8) is 0 Å². The Kier molecular flexibility index (Phi) is 1.99. The van der Waals surface area contributed by atoms with Gasteiger partial charge in [0.15, 0.2) is 0 Å². The van der Waals surface area contributed by atoms with Gasteiger partial charge in [0.1, 0.15) is 0 Å². The van der Waals surface area contributed by atoms with E-state index in [0.29, 0.717) is 0 Å². The topological polar surface area (TPSA) is 3.24 Å². The van der Waals surface area contributed by atoms with Gasteiger partial charge < -0.3 is 0 Å². The molecule has 0 aromatic heterocycles. The highest BCUT2D eigenvalue weighted by Gasteiger charge is 2.49. The Balaban J connectivity index is 1.94. The molecule has 1 spiro atoms. The summed E-state index contributed by atoms with van der Waals surface area (Å²) < 4.78 is 0. The van der Waals surface area contributed by atoms with Crippen LogP contribution in [0.5, 0.6) is 0 Å². The summed E-state index contributed by atoms with van der Waals surface area (Å²) in [6.45, 7) is 3.55. The first kappa shape index (κ1) is 8.31. The summed E-state index contributed by atoms with van der Waals surface area (Å²) in [5.41, 5.74) is 0.761. The van der Waals surface area contributed by atoms with Gasteiger partial charge in [0.2, 0.25) is 0 Å². The second-order valence-corrected chi connectivity index (χ2v) is 4.52. The van der Waals surface area contributed by atoms with Crippen LogP contribution in [0.4, 0.5) is 0 Å². The van der Waals surface area contributed by atoms with Crippen LogP contribution in [-0.4, -0.2) is 24.5 Å². The highest BCUT2D eigenvalue weighted by Crippen LogP contribution is 2.54. The summed E-state index contributed by atoms with van der Waals surface area (Å²) in [4.78, 5) is 2.51. The molecule has 0 aromatic rings. The quantitative estimate of drug-likeness (QED) is 0.568. The minimum Gasteiger partial charge on any atom is -0.299 e. The smallest absolute Gasteiger partial charge is 0.0281 e. The second kappa shape index (κ2) is 2.88. The summed E-state index contributed by atoms with van der Waals surface area (Å²) in [5.74, 6) is 0. The number of rotatable bonds is 2. The van der Waals surface area contributed by atoms with Gasteiger partial charge in [0.05, 0.1) is 0 Å². The minimum atomic E-state index is 0.743. The van der Waals surface area contributed by atoms with E-state index in [1.165, 1.54) is 32.2 Å². The van der Waals surface area contributed by atoms with Crippen molar-refractivity contribution in [2.45, 2.75) is 38.6 Å². The maximum absolute atomic E-state index is 2.51. The molecule has 1 saturated carbocycles. The zero-order chi connectivity index (χ0) is 8.60. The number of allylic oxidation sites excluding steroid dienone is 1. The first-order valence-corrected chi connectivity index (χ1v) is 5.13. The molecule has 68 valence electrons. The maximum Gasteiger partial charge on any atom is 0.0281 e. The lowest BCUT2D eigenvalue weighted by Crippen LogP contribution is -2.22. The summed E-state index contributed by atoms with van der Waals surface area (Å²) in [6, 6.07) is 0.743. The van der Waals surface area contributed by atoms with Crippen LogP contribution >= 0.6 is 0 Å². The Morgan fingerprint density at radius 1 is 1.50 bits per heavy atom. The third-order valence-corrected chi connectivity index (χ3v) is 3.34. The van der Waals surface area contributed by atoms with E-state index in [4.69, 9.17) is 0 Å². The van der Waals surface area contributed by atoms with E-state index in [9.17, 15) is 0 Å². The van der Waals surface area contributed by atoms with Crippen molar-refractivity contribution in [3.8, 4) is 0 Å². The van der Waals surface area contributed by atoms with Crippen molar-refractivity contribution in [1.29, 1.82) is 0 Å². The van der Waals surface area contributed by atoms with Crippen LogP contribution in [0.2, 0.25) is 0 Å². The molecule has 1 saturated heterocycles. The number of nitrogens with zero attached hydrogens (tertiary/aromatic N) is 1. The molecule has 12 heavy (non-hydrogen) atoms. The molecule has 1 aliphatic heterocycles. The van der Waals surface area contributed by atoms with Crippen LogP contribution in [-0.2, 0) is 0 Å². The first-order valence-electron chi connectivity index (χ1n) is 5.13. The van der Waals surface area contributed by atoms with Crippen molar-refractivity contribution in [3.05, 3.63) is 12.2 Å². The Labute approximate surface area is 75.4 Å². The molecule has 0 N–H and O–H groups in total. The van der Waals surface area contributed by atoms with E-state index in [0.717, 1.165) is 11.5 Å². The Morgan fingerprint density at radius 3 is 2.75 bits per heavy atom. The molecule has 1 heterocycles. The van der Waals surface area contributed by atoms with Gasteiger partial charge >= 0.3 is 0 Å². The fourth-order valence-electron chi connectivity index (χ4n) is 2.36. The molecule has 1 aliphatic carbocycles. The summed E-state index contributed by atoms with van der Waals surface area (Å²) >= 11 is 0. The average Bonchev–Trinajstić information content (AvgIpc) is 2.70. The van der Waals surface area contributed by atoms with Crippen molar-refractivity contribution in [2.24, 2.45) is 5.41 Å². The molecule has 2 aliphatic rings. The van der Waals surface area contributed by atoms with Crippen LogP contribution in [0.3, 0.4) is 0 Å². The molecular weight excluding hydrogens is 146 g/mol. The summed E-state index contributed by atoms with van der Waals surface area (Å²) in [5, 5.41) is 0. The predicted octanol–water partition coefficient (Wildman–Crippen LogP) is 2.44. The monoisotopic (exact) mass is 165 g/mol. The number of likely N-dealkylation sites (tertiary alicyclic amines) is 1. The average molecular weight is 165 g/mol. The lowest BCUT2D eigenvalue weighted by molar-refractivity contribution is 0.345. The van der Waals surface area contributed by atoms with Crippen molar-refractivity contribution >= 4 is 0 Å². The lowest BCUT2D eigenvalue weighted by atomic mass is 10.0. The molecule has 0 bridgehead atoms. The molecule has 2 rings (SSSR count). The molecule has 0 aromatic carbocycles. The zero-order valence-corrected chi connectivity index (χ0v) is 8.21. The predicted molar refractivity (Wildman–Crippen MR) is 52.1 cm³/mol. The third kappa shape index (κ3) is 1.42. The van der Waals surface area contributed by atoms with E-state index < -0.39 is 0 Å². The van der Waals surface area contributed by atoms with Crippen LogP contribution in [0.1, 0.15) is 32.6 Å². The maximum atomic E-state index is 2.51. The molecule has 0 radical (unpaired) electrons. The molecule has 1 unspecified atom stereocenters. The standard InChI is InChI=1S/C11H19N/c1-3-4-5-10-8-11(6-7-11)9-12(10)2/h4-5,10H,3,6-9H2,1-2H3/b5-4+. The van der Waals surface area contributed by atoms with Crippen LogP contribution in [0, 0.1) is 5.41 Å². The Morgan fingerprint density at radius 2 is 2.25 bits per heavy atom. The highest BCUT2D eigenvalue weighted by molar-refractivity contribution is 5.09. The van der Waals surface area contributed by atoms with Gasteiger partial charge in [-0.2, -0.15) is 0 Å². The van der Waals surface area contributed by atoms with E-state index in [1.807, 2.05) is 0 Å². The van der Waals surface area contributed by atoms with Gasteiger partial charge in [-0.1, -0.05) is 19.1 Å². The summed E-state index contributed by atoms with van der Waals surface area (Å²) in [7, 11) is 2.26. The molecule has 0 amide bonds.